The van der Waals surface area contributed by atoms with E-state index in [4.69, 9.17) is 4.84 Å². The molecule has 126 valence electrons. The normalized spacial score (nSPS) is 14.2. The zero-order valence-corrected chi connectivity index (χ0v) is 13.2. The summed E-state index contributed by atoms with van der Waals surface area (Å²) in [5, 5.41) is 4.62. The van der Waals surface area contributed by atoms with Gasteiger partial charge < -0.3 is 4.84 Å². The minimum atomic E-state index is -0.769. The third kappa shape index (κ3) is 4.08. The summed E-state index contributed by atoms with van der Waals surface area (Å²) in [6.07, 6.45) is 1.67. The predicted molar refractivity (Wildman–Crippen MR) is 90.6 cm³/mol. The Morgan fingerprint density at radius 1 is 1.04 bits per heavy atom. The van der Waals surface area contributed by atoms with Gasteiger partial charge in [-0.1, -0.05) is 30.3 Å². The van der Waals surface area contributed by atoms with E-state index in [9.17, 15) is 14.4 Å². The number of nitrogens with zero attached hydrogens (tertiary/aromatic N) is 2. The molecule has 0 atom stereocenters. The SMILES string of the molecule is O=C(ON1C(=O)CCC1=O)c1cccc(C=NNc2ccccc2)c1. The molecule has 0 aromatic heterocycles. The van der Waals surface area contributed by atoms with Crippen LogP contribution in [0.3, 0.4) is 0 Å². The predicted octanol–water partition coefficient (Wildman–Crippen LogP) is 2.35. The lowest BCUT2D eigenvalue weighted by atomic mass is 10.1. The summed E-state index contributed by atoms with van der Waals surface area (Å²) in [5.74, 6) is -1.79. The molecule has 2 aromatic carbocycles. The van der Waals surface area contributed by atoms with Crippen LogP contribution in [0.1, 0.15) is 28.8 Å². The fraction of sp³-hybridized carbons (Fsp3) is 0.111. The topological polar surface area (TPSA) is 88.1 Å². The van der Waals surface area contributed by atoms with Gasteiger partial charge in [-0.05, 0) is 29.8 Å². The lowest BCUT2D eigenvalue weighted by Crippen LogP contribution is -2.32. The minimum Gasteiger partial charge on any atom is -0.325 e. The van der Waals surface area contributed by atoms with E-state index in [2.05, 4.69) is 10.5 Å². The second-order valence-corrected chi connectivity index (χ2v) is 5.32. The highest BCUT2D eigenvalue weighted by Gasteiger charge is 2.33. The molecular formula is C18H15N3O4. The van der Waals surface area contributed by atoms with Crippen LogP contribution in [0.4, 0.5) is 5.69 Å². The summed E-state index contributed by atoms with van der Waals surface area (Å²) >= 11 is 0. The monoisotopic (exact) mass is 337 g/mol. The molecule has 0 bridgehead atoms. The first-order valence-electron chi connectivity index (χ1n) is 7.66. The Morgan fingerprint density at radius 2 is 1.76 bits per heavy atom. The van der Waals surface area contributed by atoms with Gasteiger partial charge in [-0.2, -0.15) is 5.10 Å². The third-order valence-electron chi connectivity index (χ3n) is 3.48. The van der Waals surface area contributed by atoms with Gasteiger partial charge in [0.15, 0.2) is 0 Å². The van der Waals surface area contributed by atoms with Crippen molar-refractivity contribution in [2.45, 2.75) is 12.8 Å². The van der Waals surface area contributed by atoms with E-state index in [1.807, 2.05) is 30.3 Å². The van der Waals surface area contributed by atoms with Crippen molar-refractivity contribution in [2.24, 2.45) is 5.10 Å². The Hall–Kier alpha value is -3.48. The number of anilines is 1. The minimum absolute atomic E-state index is 0.0595. The van der Waals surface area contributed by atoms with Gasteiger partial charge in [0.2, 0.25) is 0 Å². The molecule has 2 amide bonds. The fourth-order valence-corrected chi connectivity index (χ4v) is 2.23. The Balaban J connectivity index is 1.65. The van der Waals surface area contributed by atoms with Gasteiger partial charge in [0.25, 0.3) is 11.8 Å². The number of rotatable bonds is 5. The van der Waals surface area contributed by atoms with Crippen LogP contribution in [-0.2, 0) is 14.4 Å². The number of amides is 2. The second kappa shape index (κ2) is 7.39. The maximum absolute atomic E-state index is 12.1. The van der Waals surface area contributed by atoms with Crippen LogP contribution in [0.2, 0.25) is 0 Å². The third-order valence-corrected chi connectivity index (χ3v) is 3.48. The molecule has 1 N–H and O–H groups in total. The molecule has 7 nitrogen and oxygen atoms in total. The number of hydrogen-bond donors (Lipinski definition) is 1. The number of hydrogen-bond acceptors (Lipinski definition) is 6. The number of nitrogens with one attached hydrogen (secondary N) is 1. The molecule has 1 heterocycles. The van der Waals surface area contributed by atoms with Gasteiger partial charge in [0.1, 0.15) is 0 Å². The number of para-hydroxylation sites is 1. The van der Waals surface area contributed by atoms with E-state index < -0.39 is 17.8 Å². The van der Waals surface area contributed by atoms with Crippen molar-refractivity contribution in [1.82, 2.24) is 5.06 Å². The molecule has 0 aliphatic carbocycles. The Labute approximate surface area is 143 Å². The number of benzene rings is 2. The average Bonchev–Trinajstić information content (AvgIpc) is 2.95. The summed E-state index contributed by atoms with van der Waals surface area (Å²) in [6, 6.07) is 15.9. The first-order valence-corrected chi connectivity index (χ1v) is 7.66. The molecule has 1 aliphatic heterocycles. The molecule has 3 rings (SSSR count). The second-order valence-electron chi connectivity index (χ2n) is 5.32. The molecule has 0 saturated carbocycles. The maximum atomic E-state index is 12.1. The Kier molecular flexibility index (Phi) is 4.84. The summed E-state index contributed by atoms with van der Waals surface area (Å²) in [4.78, 5) is 40.0. The van der Waals surface area contributed by atoms with Crippen molar-refractivity contribution in [3.63, 3.8) is 0 Å². The first kappa shape index (κ1) is 16.4. The maximum Gasteiger partial charge on any atom is 0.363 e. The molecule has 0 spiro atoms. The Bertz CT molecular complexity index is 817. The molecule has 1 saturated heterocycles. The lowest BCUT2D eigenvalue weighted by Gasteiger charge is -2.12. The van der Waals surface area contributed by atoms with Crippen molar-refractivity contribution in [2.75, 3.05) is 5.43 Å². The number of hydroxylamine groups is 2. The van der Waals surface area contributed by atoms with Crippen LogP contribution in [0.15, 0.2) is 59.7 Å². The van der Waals surface area contributed by atoms with Gasteiger partial charge >= 0.3 is 5.97 Å². The molecule has 0 unspecified atom stereocenters. The number of imide groups is 1. The van der Waals surface area contributed by atoms with Gasteiger partial charge in [0.05, 0.1) is 17.5 Å². The van der Waals surface area contributed by atoms with Crippen molar-refractivity contribution >= 4 is 29.7 Å². The van der Waals surface area contributed by atoms with Gasteiger partial charge in [0, 0.05) is 12.8 Å². The summed E-state index contributed by atoms with van der Waals surface area (Å²) < 4.78 is 0. The number of carbonyl (C=O) groups is 3. The molecule has 1 fully saturated rings. The smallest absolute Gasteiger partial charge is 0.325 e. The van der Waals surface area contributed by atoms with Gasteiger partial charge in [-0.3, -0.25) is 15.0 Å². The zero-order chi connectivity index (χ0) is 17.6. The summed E-state index contributed by atoms with van der Waals surface area (Å²) in [6.45, 7) is 0. The van der Waals surface area contributed by atoms with Crippen molar-refractivity contribution in [3.05, 3.63) is 65.7 Å². The van der Waals surface area contributed by atoms with Crippen LogP contribution >= 0.6 is 0 Å². The molecule has 2 aromatic rings. The standard InChI is InChI=1S/C18H15N3O4/c22-16-9-10-17(23)21(16)25-18(24)14-6-4-5-13(11-14)12-19-20-15-7-2-1-3-8-15/h1-8,11-12,20H,9-10H2. The highest BCUT2D eigenvalue weighted by molar-refractivity contribution is 6.03. The average molecular weight is 337 g/mol. The van der Waals surface area contributed by atoms with E-state index in [0.29, 0.717) is 10.6 Å². The van der Waals surface area contributed by atoms with Crippen LogP contribution in [0, 0.1) is 0 Å². The largest absolute Gasteiger partial charge is 0.363 e. The van der Waals surface area contributed by atoms with Gasteiger partial charge in [-0.25, -0.2) is 4.79 Å². The van der Waals surface area contributed by atoms with E-state index in [1.54, 1.807) is 24.4 Å². The van der Waals surface area contributed by atoms with E-state index in [0.717, 1.165) is 5.69 Å². The zero-order valence-electron chi connectivity index (χ0n) is 13.2. The molecule has 1 aliphatic rings. The van der Waals surface area contributed by atoms with E-state index >= 15 is 0 Å². The van der Waals surface area contributed by atoms with Crippen molar-refractivity contribution in [3.8, 4) is 0 Å². The molecule has 25 heavy (non-hydrogen) atoms. The van der Waals surface area contributed by atoms with E-state index in [-0.39, 0.29) is 18.4 Å². The van der Waals surface area contributed by atoms with Crippen LogP contribution < -0.4 is 5.43 Å². The number of carbonyl (C=O) groups excluding carboxylic acids is 3. The molecule has 0 radical (unpaired) electrons. The summed E-state index contributed by atoms with van der Waals surface area (Å²) in [7, 11) is 0. The first-order chi connectivity index (χ1) is 12.1. The quantitative estimate of drug-likeness (QED) is 0.514. The van der Waals surface area contributed by atoms with E-state index in [1.165, 1.54) is 6.07 Å². The van der Waals surface area contributed by atoms with Gasteiger partial charge in [-0.15, -0.1) is 5.06 Å². The fourth-order valence-electron chi connectivity index (χ4n) is 2.23. The van der Waals surface area contributed by atoms with Crippen LogP contribution in [0.5, 0.6) is 0 Å². The Morgan fingerprint density at radius 3 is 2.48 bits per heavy atom. The van der Waals surface area contributed by atoms with Crippen LogP contribution in [0.25, 0.3) is 0 Å². The highest BCUT2D eigenvalue weighted by Crippen LogP contribution is 2.14. The lowest BCUT2D eigenvalue weighted by molar-refractivity contribution is -0.172. The van der Waals surface area contributed by atoms with Crippen molar-refractivity contribution in [1.29, 1.82) is 0 Å². The summed E-state index contributed by atoms with van der Waals surface area (Å²) in [5.41, 5.74) is 4.58. The van der Waals surface area contributed by atoms with Crippen molar-refractivity contribution < 1.29 is 19.2 Å². The van der Waals surface area contributed by atoms with Crippen LogP contribution in [-0.4, -0.2) is 29.1 Å². The molecular weight excluding hydrogens is 322 g/mol. The number of hydrazone groups is 1. The molecule has 7 heteroatoms. The highest BCUT2D eigenvalue weighted by atomic mass is 16.7.